The number of rotatable bonds is 6. The Morgan fingerprint density at radius 1 is 1.00 bits per heavy atom. The Morgan fingerprint density at radius 3 is 2.41 bits per heavy atom. The zero-order valence-corrected chi connectivity index (χ0v) is 15.4. The summed E-state index contributed by atoms with van der Waals surface area (Å²) in [5, 5.41) is 0. The Hall–Kier alpha value is -2.51. The number of carbonyl (C=O) groups excluding carboxylic acids is 1. The van der Waals surface area contributed by atoms with Crippen LogP contribution in [-0.4, -0.2) is 77.6 Å². The van der Waals surface area contributed by atoms with E-state index in [-0.39, 0.29) is 12.0 Å². The highest BCUT2D eigenvalue weighted by atomic mass is 16.5. The number of ether oxygens (including phenoxy) is 1. The molecule has 0 radical (unpaired) electrons. The highest BCUT2D eigenvalue weighted by molar-refractivity contribution is 5.79. The largest absolute Gasteiger partial charge is 0.370 e. The summed E-state index contributed by atoms with van der Waals surface area (Å²) in [7, 11) is 0. The SMILES string of the molecule is O=C(CN1CCN(c2ncccn2)CC1)N1CC(OCc2ccccc2)C1. The fourth-order valence-electron chi connectivity index (χ4n) is 3.39. The number of hydrogen-bond acceptors (Lipinski definition) is 6. The van der Waals surface area contributed by atoms with Crippen molar-refractivity contribution in [3.05, 3.63) is 54.4 Å². The number of benzene rings is 1. The van der Waals surface area contributed by atoms with Gasteiger partial charge in [-0.05, 0) is 11.6 Å². The molecule has 0 unspecified atom stereocenters. The molecule has 7 heteroatoms. The summed E-state index contributed by atoms with van der Waals surface area (Å²) >= 11 is 0. The number of aromatic nitrogens is 2. The summed E-state index contributed by atoms with van der Waals surface area (Å²) in [6.45, 7) is 5.89. The second-order valence-electron chi connectivity index (χ2n) is 7.03. The van der Waals surface area contributed by atoms with Crippen LogP contribution in [0.25, 0.3) is 0 Å². The normalized spacial score (nSPS) is 18.4. The van der Waals surface area contributed by atoms with E-state index in [1.807, 2.05) is 29.2 Å². The van der Waals surface area contributed by atoms with Crippen LogP contribution in [0.3, 0.4) is 0 Å². The Morgan fingerprint density at radius 2 is 1.70 bits per heavy atom. The van der Waals surface area contributed by atoms with E-state index in [1.165, 1.54) is 5.56 Å². The molecule has 0 N–H and O–H groups in total. The van der Waals surface area contributed by atoms with Gasteiger partial charge in [-0.15, -0.1) is 0 Å². The van der Waals surface area contributed by atoms with Gasteiger partial charge in [-0.2, -0.15) is 0 Å². The Labute approximate surface area is 159 Å². The maximum Gasteiger partial charge on any atom is 0.236 e. The average Bonchev–Trinajstić information content (AvgIpc) is 2.69. The molecule has 7 nitrogen and oxygen atoms in total. The highest BCUT2D eigenvalue weighted by Crippen LogP contribution is 2.15. The van der Waals surface area contributed by atoms with E-state index in [2.05, 4.69) is 31.9 Å². The van der Waals surface area contributed by atoms with Crippen LogP contribution in [0.2, 0.25) is 0 Å². The number of amides is 1. The fourth-order valence-corrected chi connectivity index (χ4v) is 3.39. The zero-order valence-electron chi connectivity index (χ0n) is 15.4. The number of hydrogen-bond donors (Lipinski definition) is 0. The summed E-state index contributed by atoms with van der Waals surface area (Å²) in [6.07, 6.45) is 3.68. The van der Waals surface area contributed by atoms with Crippen LogP contribution in [-0.2, 0) is 16.1 Å². The second-order valence-corrected chi connectivity index (χ2v) is 7.03. The molecule has 27 heavy (non-hydrogen) atoms. The maximum absolute atomic E-state index is 12.5. The maximum atomic E-state index is 12.5. The van der Waals surface area contributed by atoms with E-state index in [0.717, 1.165) is 32.1 Å². The molecule has 0 bridgehead atoms. The number of likely N-dealkylation sites (tertiary alicyclic amines) is 1. The van der Waals surface area contributed by atoms with Gasteiger partial charge in [-0.3, -0.25) is 9.69 Å². The predicted molar refractivity (Wildman–Crippen MR) is 102 cm³/mol. The van der Waals surface area contributed by atoms with Crippen LogP contribution in [0.4, 0.5) is 5.95 Å². The van der Waals surface area contributed by atoms with Gasteiger partial charge in [0.15, 0.2) is 0 Å². The topological polar surface area (TPSA) is 61.8 Å². The molecule has 2 aliphatic heterocycles. The van der Waals surface area contributed by atoms with Gasteiger partial charge < -0.3 is 14.5 Å². The molecular formula is C20H25N5O2. The van der Waals surface area contributed by atoms with Crippen LogP contribution >= 0.6 is 0 Å². The Kier molecular flexibility index (Phi) is 5.60. The summed E-state index contributed by atoms with van der Waals surface area (Å²) in [4.78, 5) is 27.3. The number of carbonyl (C=O) groups is 1. The first-order valence-corrected chi connectivity index (χ1v) is 9.45. The summed E-state index contributed by atoms with van der Waals surface area (Å²) in [6, 6.07) is 12.0. The zero-order chi connectivity index (χ0) is 18.5. The van der Waals surface area contributed by atoms with Crippen molar-refractivity contribution in [1.29, 1.82) is 0 Å². The van der Waals surface area contributed by atoms with Gasteiger partial charge in [0.05, 0.1) is 19.3 Å². The van der Waals surface area contributed by atoms with Gasteiger partial charge in [0.1, 0.15) is 0 Å². The molecule has 2 fully saturated rings. The molecule has 142 valence electrons. The molecule has 0 aliphatic carbocycles. The van der Waals surface area contributed by atoms with Gasteiger partial charge in [0.25, 0.3) is 0 Å². The first kappa shape index (κ1) is 17.9. The van der Waals surface area contributed by atoms with Crippen molar-refractivity contribution in [3.8, 4) is 0 Å². The van der Waals surface area contributed by atoms with Crippen molar-refractivity contribution in [2.75, 3.05) is 50.7 Å². The quantitative estimate of drug-likeness (QED) is 0.760. The smallest absolute Gasteiger partial charge is 0.236 e. The van der Waals surface area contributed by atoms with Gasteiger partial charge in [0.2, 0.25) is 11.9 Å². The number of piperazine rings is 1. The molecule has 2 aliphatic rings. The lowest BCUT2D eigenvalue weighted by Crippen LogP contribution is -2.58. The van der Waals surface area contributed by atoms with E-state index in [9.17, 15) is 4.79 Å². The first-order valence-electron chi connectivity index (χ1n) is 9.45. The Balaban J connectivity index is 1.15. The predicted octanol–water partition coefficient (Wildman–Crippen LogP) is 1.03. The van der Waals surface area contributed by atoms with Crippen molar-refractivity contribution < 1.29 is 9.53 Å². The van der Waals surface area contributed by atoms with Gasteiger partial charge in [-0.25, -0.2) is 9.97 Å². The molecule has 0 spiro atoms. The molecule has 1 aromatic heterocycles. The average molecular weight is 367 g/mol. The first-order chi connectivity index (χ1) is 13.3. The standard InChI is InChI=1S/C20H25N5O2/c26-19(25-13-18(14-25)27-16-17-5-2-1-3-6-17)15-23-9-11-24(12-10-23)20-21-7-4-8-22-20/h1-8,18H,9-16H2. The fraction of sp³-hybridized carbons (Fsp3) is 0.450. The van der Waals surface area contributed by atoms with Crippen LogP contribution < -0.4 is 4.90 Å². The van der Waals surface area contributed by atoms with Crippen molar-refractivity contribution in [1.82, 2.24) is 19.8 Å². The lowest BCUT2D eigenvalue weighted by atomic mass is 10.1. The third kappa shape index (κ3) is 4.61. The molecule has 0 atom stereocenters. The van der Waals surface area contributed by atoms with Crippen molar-refractivity contribution in [2.24, 2.45) is 0 Å². The van der Waals surface area contributed by atoms with E-state index in [1.54, 1.807) is 12.4 Å². The van der Waals surface area contributed by atoms with Crippen molar-refractivity contribution in [3.63, 3.8) is 0 Å². The summed E-state index contributed by atoms with van der Waals surface area (Å²) in [5.74, 6) is 0.962. The number of nitrogens with zero attached hydrogens (tertiary/aromatic N) is 5. The van der Waals surface area contributed by atoms with Crippen LogP contribution in [0.1, 0.15) is 5.56 Å². The molecule has 2 aromatic rings. The number of anilines is 1. The van der Waals surface area contributed by atoms with E-state index in [4.69, 9.17) is 4.74 Å². The molecule has 1 amide bonds. The molecule has 4 rings (SSSR count). The highest BCUT2D eigenvalue weighted by Gasteiger charge is 2.32. The van der Waals surface area contributed by atoms with E-state index in [0.29, 0.717) is 26.2 Å². The van der Waals surface area contributed by atoms with Crippen LogP contribution in [0, 0.1) is 0 Å². The monoisotopic (exact) mass is 367 g/mol. The third-order valence-corrected chi connectivity index (χ3v) is 5.10. The molecular weight excluding hydrogens is 342 g/mol. The lowest BCUT2D eigenvalue weighted by molar-refractivity contribution is -0.147. The van der Waals surface area contributed by atoms with Crippen LogP contribution in [0.5, 0.6) is 0 Å². The van der Waals surface area contributed by atoms with E-state index < -0.39 is 0 Å². The van der Waals surface area contributed by atoms with Crippen molar-refractivity contribution >= 4 is 11.9 Å². The lowest BCUT2D eigenvalue weighted by Gasteiger charge is -2.41. The minimum Gasteiger partial charge on any atom is -0.370 e. The van der Waals surface area contributed by atoms with Gasteiger partial charge in [-0.1, -0.05) is 30.3 Å². The Bertz CT molecular complexity index is 729. The second kappa shape index (κ2) is 8.45. The summed E-state index contributed by atoms with van der Waals surface area (Å²) < 4.78 is 5.87. The van der Waals surface area contributed by atoms with Crippen molar-refractivity contribution in [2.45, 2.75) is 12.7 Å². The van der Waals surface area contributed by atoms with E-state index >= 15 is 0 Å². The van der Waals surface area contributed by atoms with Gasteiger partial charge >= 0.3 is 0 Å². The summed E-state index contributed by atoms with van der Waals surface area (Å²) in [5.41, 5.74) is 1.17. The van der Waals surface area contributed by atoms with Gasteiger partial charge in [0, 0.05) is 51.7 Å². The minimum atomic E-state index is 0.154. The van der Waals surface area contributed by atoms with Crippen LogP contribution in [0.15, 0.2) is 48.8 Å². The third-order valence-electron chi connectivity index (χ3n) is 5.10. The molecule has 3 heterocycles. The molecule has 0 saturated carbocycles. The molecule has 1 aromatic carbocycles. The molecule has 2 saturated heterocycles. The minimum absolute atomic E-state index is 0.154.